The van der Waals surface area contributed by atoms with Crippen molar-refractivity contribution in [1.29, 1.82) is 0 Å². The van der Waals surface area contributed by atoms with E-state index >= 15 is 0 Å². The Hall–Kier alpha value is -2.36. The molecule has 0 amide bonds. The summed E-state index contributed by atoms with van der Waals surface area (Å²) < 4.78 is 9.59. The van der Waals surface area contributed by atoms with Gasteiger partial charge in [-0.25, -0.2) is 0 Å². The van der Waals surface area contributed by atoms with E-state index in [1.165, 1.54) is 13.8 Å². The van der Waals surface area contributed by atoms with Gasteiger partial charge in [0.25, 0.3) is 0 Å². The Kier molecular flexibility index (Phi) is 6.82. The first-order valence-corrected chi connectivity index (χ1v) is 6.28. The predicted octanol–water partition coefficient (Wildman–Crippen LogP) is 2.84. The number of hydrogen-bond acceptors (Lipinski definition) is 4. The molecule has 1 rings (SSSR count). The quantitative estimate of drug-likeness (QED) is 0.748. The third-order valence-corrected chi connectivity index (χ3v) is 2.32. The maximum Gasteiger partial charge on any atom is 0.302 e. The Labute approximate surface area is 118 Å². The molecule has 0 aliphatic heterocycles. The average molecular weight is 274 g/mol. The highest BCUT2D eigenvalue weighted by Crippen LogP contribution is 2.07. The van der Waals surface area contributed by atoms with Crippen molar-refractivity contribution < 1.29 is 19.1 Å². The lowest BCUT2D eigenvalue weighted by Crippen LogP contribution is -1.97. The molecule has 0 N–H and O–H groups in total. The Bertz CT molecular complexity index is 451. The van der Waals surface area contributed by atoms with E-state index in [1.54, 1.807) is 12.2 Å². The number of ether oxygens (including phenoxy) is 2. The monoisotopic (exact) mass is 274 g/mol. The first-order valence-electron chi connectivity index (χ1n) is 6.28. The molecule has 0 spiro atoms. The average Bonchev–Trinajstić information content (AvgIpc) is 2.41. The second-order valence-corrected chi connectivity index (χ2v) is 4.08. The van der Waals surface area contributed by atoms with Crippen LogP contribution in [0.5, 0.6) is 0 Å². The van der Waals surface area contributed by atoms with Crippen LogP contribution in [0.4, 0.5) is 0 Å². The molecule has 4 heteroatoms. The van der Waals surface area contributed by atoms with E-state index in [4.69, 9.17) is 9.47 Å². The van der Waals surface area contributed by atoms with Crippen LogP contribution in [0.25, 0.3) is 12.2 Å². The van der Waals surface area contributed by atoms with E-state index in [2.05, 4.69) is 0 Å². The Morgan fingerprint density at radius 3 is 1.50 bits per heavy atom. The number of carbonyl (C=O) groups is 2. The molecule has 106 valence electrons. The number of hydrogen-bond donors (Lipinski definition) is 0. The molecule has 0 bridgehead atoms. The van der Waals surface area contributed by atoms with Gasteiger partial charge < -0.3 is 9.47 Å². The van der Waals surface area contributed by atoms with Gasteiger partial charge in [0.15, 0.2) is 0 Å². The predicted molar refractivity (Wildman–Crippen MR) is 77.8 cm³/mol. The molecular formula is C16H18O4. The van der Waals surface area contributed by atoms with Gasteiger partial charge in [0.05, 0.1) is 0 Å². The molecular weight excluding hydrogens is 256 g/mol. The molecule has 0 saturated carbocycles. The summed E-state index contributed by atoms with van der Waals surface area (Å²) in [6, 6.07) is 7.82. The van der Waals surface area contributed by atoms with Crippen molar-refractivity contribution in [1.82, 2.24) is 0 Å². The van der Waals surface area contributed by atoms with Gasteiger partial charge in [0, 0.05) is 13.8 Å². The largest absolute Gasteiger partial charge is 0.462 e. The fraction of sp³-hybridized carbons (Fsp3) is 0.250. The molecule has 0 aromatic heterocycles. The molecule has 20 heavy (non-hydrogen) atoms. The fourth-order valence-corrected chi connectivity index (χ4v) is 1.42. The van der Waals surface area contributed by atoms with Gasteiger partial charge in [-0.3, -0.25) is 9.59 Å². The molecule has 0 saturated heterocycles. The molecule has 1 aromatic carbocycles. The zero-order chi connectivity index (χ0) is 14.8. The smallest absolute Gasteiger partial charge is 0.302 e. The van der Waals surface area contributed by atoms with Crippen LogP contribution < -0.4 is 0 Å². The minimum atomic E-state index is -0.289. The van der Waals surface area contributed by atoms with E-state index < -0.39 is 0 Å². The SMILES string of the molecule is CC(=O)OC/C=C/c1ccc(/C=C/COC(C)=O)cc1. The highest BCUT2D eigenvalue weighted by molar-refractivity contribution is 5.66. The second kappa shape index (κ2) is 8.69. The normalized spacial score (nSPS) is 10.9. The van der Waals surface area contributed by atoms with Crippen LogP contribution in [-0.2, 0) is 19.1 Å². The standard InChI is InChI=1S/C16H18O4/c1-13(17)19-11-3-5-15-7-9-16(10-8-15)6-4-12-20-14(2)18/h3-10H,11-12H2,1-2H3/b5-3+,6-4+. The van der Waals surface area contributed by atoms with E-state index in [9.17, 15) is 9.59 Å². The summed E-state index contributed by atoms with van der Waals surface area (Å²) in [5.41, 5.74) is 2.04. The number of rotatable bonds is 6. The molecule has 0 radical (unpaired) electrons. The van der Waals surface area contributed by atoms with Crippen LogP contribution in [0.2, 0.25) is 0 Å². The molecule has 4 nitrogen and oxygen atoms in total. The Morgan fingerprint density at radius 2 is 1.20 bits per heavy atom. The van der Waals surface area contributed by atoms with Crippen molar-refractivity contribution in [3.63, 3.8) is 0 Å². The topological polar surface area (TPSA) is 52.6 Å². The molecule has 0 unspecified atom stereocenters. The molecule has 0 heterocycles. The second-order valence-electron chi connectivity index (χ2n) is 4.08. The number of carbonyl (C=O) groups excluding carboxylic acids is 2. The van der Waals surface area contributed by atoms with Gasteiger partial charge in [0.2, 0.25) is 0 Å². The molecule has 0 aliphatic carbocycles. The van der Waals surface area contributed by atoms with Crippen LogP contribution >= 0.6 is 0 Å². The minimum absolute atomic E-state index is 0.277. The number of benzene rings is 1. The van der Waals surface area contributed by atoms with Gasteiger partial charge in [-0.05, 0) is 23.3 Å². The lowest BCUT2D eigenvalue weighted by Gasteiger charge is -1.98. The molecule has 1 aromatic rings. The van der Waals surface area contributed by atoms with Gasteiger partial charge in [-0.15, -0.1) is 0 Å². The summed E-state index contributed by atoms with van der Waals surface area (Å²) in [6.45, 7) is 3.31. The Morgan fingerprint density at radius 1 is 0.850 bits per heavy atom. The maximum atomic E-state index is 10.6. The lowest BCUT2D eigenvalue weighted by molar-refractivity contribution is -0.140. The summed E-state index contributed by atoms with van der Waals surface area (Å²) in [4.78, 5) is 21.1. The van der Waals surface area contributed by atoms with Crippen molar-refractivity contribution in [3.05, 3.63) is 47.5 Å². The van der Waals surface area contributed by atoms with Gasteiger partial charge >= 0.3 is 11.9 Å². The van der Waals surface area contributed by atoms with Crippen molar-refractivity contribution in [2.45, 2.75) is 13.8 Å². The highest BCUT2D eigenvalue weighted by Gasteiger charge is 1.91. The van der Waals surface area contributed by atoms with Crippen LogP contribution in [-0.4, -0.2) is 25.2 Å². The number of esters is 2. The minimum Gasteiger partial charge on any atom is -0.462 e. The van der Waals surface area contributed by atoms with Crippen LogP contribution in [0, 0.1) is 0 Å². The first-order chi connectivity index (χ1) is 9.58. The van der Waals surface area contributed by atoms with Crippen LogP contribution in [0.15, 0.2) is 36.4 Å². The molecule has 0 aliphatic rings. The zero-order valence-electron chi connectivity index (χ0n) is 11.7. The third kappa shape index (κ3) is 7.16. The Balaban J connectivity index is 2.43. The summed E-state index contributed by atoms with van der Waals surface area (Å²) >= 11 is 0. The lowest BCUT2D eigenvalue weighted by atomic mass is 10.1. The van der Waals surface area contributed by atoms with Crippen LogP contribution in [0.3, 0.4) is 0 Å². The maximum absolute atomic E-state index is 10.6. The van der Waals surface area contributed by atoms with E-state index in [0.29, 0.717) is 0 Å². The van der Waals surface area contributed by atoms with Gasteiger partial charge in [-0.2, -0.15) is 0 Å². The molecule has 0 fully saturated rings. The summed E-state index contributed by atoms with van der Waals surface area (Å²) in [5, 5.41) is 0. The van der Waals surface area contributed by atoms with Crippen molar-refractivity contribution in [2.24, 2.45) is 0 Å². The van der Waals surface area contributed by atoms with Gasteiger partial charge in [-0.1, -0.05) is 36.4 Å². The van der Waals surface area contributed by atoms with E-state index in [-0.39, 0.29) is 25.2 Å². The summed E-state index contributed by atoms with van der Waals surface area (Å²) in [6.07, 6.45) is 7.34. The highest BCUT2D eigenvalue weighted by atomic mass is 16.5. The van der Waals surface area contributed by atoms with Gasteiger partial charge in [0.1, 0.15) is 13.2 Å². The van der Waals surface area contributed by atoms with Crippen molar-refractivity contribution >= 4 is 24.1 Å². The summed E-state index contributed by atoms with van der Waals surface area (Å²) in [7, 11) is 0. The van der Waals surface area contributed by atoms with Crippen LogP contribution in [0.1, 0.15) is 25.0 Å². The molecule has 0 atom stereocenters. The van der Waals surface area contributed by atoms with E-state index in [0.717, 1.165) is 11.1 Å². The third-order valence-electron chi connectivity index (χ3n) is 2.32. The van der Waals surface area contributed by atoms with Crippen molar-refractivity contribution in [2.75, 3.05) is 13.2 Å². The van der Waals surface area contributed by atoms with E-state index in [1.807, 2.05) is 36.4 Å². The zero-order valence-corrected chi connectivity index (χ0v) is 11.7. The fourth-order valence-electron chi connectivity index (χ4n) is 1.42. The first kappa shape index (κ1) is 15.7. The van der Waals surface area contributed by atoms with Crippen molar-refractivity contribution in [3.8, 4) is 0 Å². The summed E-state index contributed by atoms with van der Waals surface area (Å²) in [5.74, 6) is -0.578.